The van der Waals surface area contributed by atoms with Crippen LogP contribution in [-0.4, -0.2) is 5.11 Å². The van der Waals surface area contributed by atoms with Gasteiger partial charge in [0.05, 0.1) is 0 Å². The molecular formula is C23H22O. The molecule has 0 aromatic heterocycles. The second kappa shape index (κ2) is 6.16. The molecule has 3 aromatic rings. The van der Waals surface area contributed by atoms with Gasteiger partial charge in [0.25, 0.3) is 0 Å². The van der Waals surface area contributed by atoms with Gasteiger partial charge in [-0.05, 0) is 70.3 Å². The van der Waals surface area contributed by atoms with Crippen molar-refractivity contribution in [3.63, 3.8) is 0 Å². The molecule has 3 aromatic carbocycles. The summed E-state index contributed by atoms with van der Waals surface area (Å²) in [6.45, 7) is 2.18. The molecule has 1 aliphatic rings. The molecule has 0 atom stereocenters. The summed E-state index contributed by atoms with van der Waals surface area (Å²) in [4.78, 5) is 0. The fourth-order valence-electron chi connectivity index (χ4n) is 3.75. The third-order valence-electron chi connectivity index (χ3n) is 5.04. The Balaban J connectivity index is 1.79. The Morgan fingerprint density at radius 3 is 2.54 bits per heavy atom. The van der Waals surface area contributed by atoms with Crippen molar-refractivity contribution in [1.29, 1.82) is 0 Å². The lowest BCUT2D eigenvalue weighted by Gasteiger charge is -2.12. The predicted octanol–water partition coefficient (Wildman–Crippen LogP) is 5.97. The minimum Gasteiger partial charge on any atom is -0.508 e. The summed E-state index contributed by atoms with van der Waals surface area (Å²) in [6.07, 6.45) is 4.17. The van der Waals surface area contributed by atoms with Crippen molar-refractivity contribution in [3.8, 4) is 28.0 Å². The molecule has 1 nitrogen and oxygen atoms in total. The molecule has 0 radical (unpaired) electrons. The lowest BCUT2D eigenvalue weighted by Crippen LogP contribution is -1.91. The Morgan fingerprint density at radius 1 is 0.875 bits per heavy atom. The zero-order chi connectivity index (χ0) is 16.5. The standard InChI is InChI=1S/C23H22O/c1-2-3-7-18-14-17(12-13-23(18)24)20-10-6-11-21-19-9-5-4-8-16(19)15-22(20)21/h4-6,8-14,24H,2-3,7,15H2,1H3. The predicted molar refractivity (Wildman–Crippen MR) is 100 cm³/mol. The van der Waals surface area contributed by atoms with Gasteiger partial charge in [0.1, 0.15) is 5.75 Å². The SMILES string of the molecule is CCCCc1cc(-c2cccc3c2Cc2ccccc2-3)ccc1O. The van der Waals surface area contributed by atoms with Gasteiger partial charge in [-0.15, -0.1) is 0 Å². The van der Waals surface area contributed by atoms with Crippen molar-refractivity contribution in [2.45, 2.75) is 32.6 Å². The van der Waals surface area contributed by atoms with Gasteiger partial charge in [0, 0.05) is 0 Å². The van der Waals surface area contributed by atoms with Gasteiger partial charge in [-0.3, -0.25) is 0 Å². The molecule has 1 N–H and O–H groups in total. The van der Waals surface area contributed by atoms with E-state index in [0.29, 0.717) is 5.75 Å². The first kappa shape index (κ1) is 15.0. The van der Waals surface area contributed by atoms with Gasteiger partial charge in [-0.1, -0.05) is 61.9 Å². The number of unbranched alkanes of at least 4 members (excludes halogenated alkanes) is 1. The molecule has 0 saturated heterocycles. The first-order valence-corrected chi connectivity index (χ1v) is 8.80. The minimum atomic E-state index is 0.420. The number of hydrogen-bond donors (Lipinski definition) is 1. The third kappa shape index (κ3) is 2.50. The van der Waals surface area contributed by atoms with Crippen LogP contribution in [0.3, 0.4) is 0 Å². The van der Waals surface area contributed by atoms with Crippen LogP contribution in [0.25, 0.3) is 22.3 Å². The fourth-order valence-corrected chi connectivity index (χ4v) is 3.75. The molecule has 0 unspecified atom stereocenters. The number of hydrogen-bond acceptors (Lipinski definition) is 1. The summed E-state index contributed by atoms with van der Waals surface area (Å²) in [5, 5.41) is 10.1. The van der Waals surface area contributed by atoms with E-state index in [1.807, 2.05) is 12.1 Å². The van der Waals surface area contributed by atoms with E-state index in [9.17, 15) is 5.11 Å². The topological polar surface area (TPSA) is 20.2 Å². The Morgan fingerprint density at radius 2 is 1.67 bits per heavy atom. The summed E-state index contributed by atoms with van der Waals surface area (Å²) in [7, 11) is 0. The minimum absolute atomic E-state index is 0.420. The largest absolute Gasteiger partial charge is 0.508 e. The van der Waals surface area contributed by atoms with Crippen molar-refractivity contribution in [2.75, 3.05) is 0 Å². The Hall–Kier alpha value is -2.54. The van der Waals surface area contributed by atoms with Crippen molar-refractivity contribution in [1.82, 2.24) is 0 Å². The van der Waals surface area contributed by atoms with Gasteiger partial charge in [-0.25, -0.2) is 0 Å². The van der Waals surface area contributed by atoms with Crippen LogP contribution in [0.2, 0.25) is 0 Å². The van der Waals surface area contributed by atoms with Crippen LogP contribution in [0.15, 0.2) is 60.7 Å². The Labute approximate surface area is 143 Å². The summed E-state index contributed by atoms with van der Waals surface area (Å²) in [5.41, 5.74) is 9.09. The second-order valence-electron chi connectivity index (χ2n) is 6.61. The summed E-state index contributed by atoms with van der Waals surface area (Å²) in [5.74, 6) is 0.420. The van der Waals surface area contributed by atoms with Crippen molar-refractivity contribution in [3.05, 3.63) is 77.4 Å². The molecule has 0 heterocycles. The first-order valence-electron chi connectivity index (χ1n) is 8.80. The van der Waals surface area contributed by atoms with Crippen LogP contribution in [0, 0.1) is 0 Å². The van der Waals surface area contributed by atoms with E-state index < -0.39 is 0 Å². The van der Waals surface area contributed by atoms with Crippen LogP contribution >= 0.6 is 0 Å². The molecule has 120 valence electrons. The van der Waals surface area contributed by atoms with E-state index in [-0.39, 0.29) is 0 Å². The van der Waals surface area contributed by atoms with E-state index in [1.165, 1.54) is 33.4 Å². The molecule has 0 saturated carbocycles. The van der Waals surface area contributed by atoms with Gasteiger partial charge < -0.3 is 5.11 Å². The summed E-state index contributed by atoms with van der Waals surface area (Å²) >= 11 is 0. The van der Waals surface area contributed by atoms with Crippen molar-refractivity contribution >= 4 is 0 Å². The van der Waals surface area contributed by atoms with Gasteiger partial charge in [0.2, 0.25) is 0 Å². The van der Waals surface area contributed by atoms with Crippen LogP contribution < -0.4 is 0 Å². The monoisotopic (exact) mass is 314 g/mol. The molecule has 1 aliphatic carbocycles. The van der Waals surface area contributed by atoms with E-state index in [1.54, 1.807) is 0 Å². The van der Waals surface area contributed by atoms with Crippen molar-refractivity contribution in [2.24, 2.45) is 0 Å². The summed E-state index contributed by atoms with van der Waals surface area (Å²) in [6, 6.07) is 21.3. The lowest BCUT2D eigenvalue weighted by molar-refractivity contribution is 0.467. The number of aryl methyl sites for hydroxylation is 1. The Kier molecular flexibility index (Phi) is 3.86. The van der Waals surface area contributed by atoms with E-state index in [0.717, 1.165) is 31.2 Å². The maximum atomic E-state index is 10.1. The number of benzene rings is 3. The molecule has 0 amide bonds. The average Bonchev–Trinajstić information content (AvgIpc) is 3.00. The smallest absolute Gasteiger partial charge is 0.118 e. The highest BCUT2D eigenvalue weighted by molar-refractivity contribution is 5.85. The maximum absolute atomic E-state index is 10.1. The molecule has 0 bridgehead atoms. The lowest BCUT2D eigenvalue weighted by atomic mass is 9.93. The Bertz CT molecular complexity index is 892. The van der Waals surface area contributed by atoms with Crippen LogP contribution in [0.5, 0.6) is 5.75 Å². The quantitative estimate of drug-likeness (QED) is 0.492. The molecular weight excluding hydrogens is 292 g/mol. The first-order chi connectivity index (χ1) is 11.8. The number of rotatable bonds is 4. The molecule has 0 aliphatic heterocycles. The summed E-state index contributed by atoms with van der Waals surface area (Å²) < 4.78 is 0. The zero-order valence-corrected chi connectivity index (χ0v) is 14.0. The van der Waals surface area contributed by atoms with Crippen LogP contribution in [-0.2, 0) is 12.8 Å². The van der Waals surface area contributed by atoms with E-state index >= 15 is 0 Å². The zero-order valence-electron chi connectivity index (χ0n) is 14.0. The van der Waals surface area contributed by atoms with E-state index in [4.69, 9.17) is 0 Å². The number of phenolic OH excluding ortho intramolecular Hbond substituents is 1. The number of aromatic hydroxyl groups is 1. The normalized spacial score (nSPS) is 12.0. The maximum Gasteiger partial charge on any atom is 0.118 e. The second-order valence-corrected chi connectivity index (χ2v) is 6.61. The molecule has 4 rings (SSSR count). The number of fused-ring (bicyclic) bond motifs is 3. The van der Waals surface area contributed by atoms with Crippen LogP contribution in [0.1, 0.15) is 36.5 Å². The van der Waals surface area contributed by atoms with Crippen LogP contribution in [0.4, 0.5) is 0 Å². The van der Waals surface area contributed by atoms with Gasteiger partial charge in [-0.2, -0.15) is 0 Å². The third-order valence-corrected chi connectivity index (χ3v) is 5.04. The van der Waals surface area contributed by atoms with E-state index in [2.05, 4.69) is 55.5 Å². The highest BCUT2D eigenvalue weighted by Crippen LogP contribution is 2.42. The fraction of sp³-hybridized carbons (Fsp3) is 0.217. The molecule has 24 heavy (non-hydrogen) atoms. The molecule has 0 fully saturated rings. The number of phenols is 1. The van der Waals surface area contributed by atoms with Gasteiger partial charge in [0.15, 0.2) is 0 Å². The molecule has 0 spiro atoms. The average molecular weight is 314 g/mol. The van der Waals surface area contributed by atoms with Crippen molar-refractivity contribution < 1.29 is 5.11 Å². The molecule has 1 heteroatoms. The highest BCUT2D eigenvalue weighted by atomic mass is 16.3. The highest BCUT2D eigenvalue weighted by Gasteiger charge is 2.21. The van der Waals surface area contributed by atoms with Gasteiger partial charge >= 0.3 is 0 Å².